The van der Waals surface area contributed by atoms with Gasteiger partial charge in [-0.25, -0.2) is 0 Å². The zero-order chi connectivity index (χ0) is 15.5. The molecule has 5 nitrogen and oxygen atoms in total. The summed E-state index contributed by atoms with van der Waals surface area (Å²) in [5, 5.41) is 11.7. The predicted molar refractivity (Wildman–Crippen MR) is 88.6 cm³/mol. The fourth-order valence-electron chi connectivity index (χ4n) is 2.61. The van der Waals surface area contributed by atoms with Crippen LogP contribution in [0.2, 0.25) is 0 Å². The maximum Gasteiger partial charge on any atom is 0.153 e. The van der Waals surface area contributed by atoms with Gasteiger partial charge in [-0.3, -0.25) is 10.1 Å². The molecular weight excluding hydrogens is 288 g/mol. The van der Waals surface area contributed by atoms with Crippen LogP contribution in [0, 0.1) is 0 Å². The Morgan fingerprint density at radius 3 is 2.87 bits per heavy atom. The van der Waals surface area contributed by atoms with Gasteiger partial charge in [0.1, 0.15) is 11.3 Å². The van der Waals surface area contributed by atoms with Crippen LogP contribution >= 0.6 is 0 Å². The Kier molecular flexibility index (Phi) is 3.62. The van der Waals surface area contributed by atoms with Gasteiger partial charge in [0.05, 0.1) is 6.20 Å². The van der Waals surface area contributed by atoms with Gasteiger partial charge in [-0.1, -0.05) is 24.3 Å². The summed E-state index contributed by atoms with van der Waals surface area (Å²) >= 11 is 0. The third-order valence-corrected chi connectivity index (χ3v) is 3.76. The van der Waals surface area contributed by atoms with Crippen LogP contribution in [-0.2, 0) is 13.1 Å². The van der Waals surface area contributed by atoms with Gasteiger partial charge in [-0.15, -0.1) is 0 Å². The molecular formula is C18H16N4O. The summed E-state index contributed by atoms with van der Waals surface area (Å²) in [5.41, 5.74) is 4.03. The van der Waals surface area contributed by atoms with Gasteiger partial charge in [0.15, 0.2) is 5.76 Å². The van der Waals surface area contributed by atoms with E-state index in [-0.39, 0.29) is 0 Å². The van der Waals surface area contributed by atoms with Crippen molar-refractivity contribution in [3.8, 4) is 11.5 Å². The van der Waals surface area contributed by atoms with Crippen molar-refractivity contribution in [1.82, 2.24) is 20.5 Å². The van der Waals surface area contributed by atoms with Crippen LogP contribution in [0.4, 0.5) is 0 Å². The largest absolute Gasteiger partial charge is 0.454 e. The molecule has 4 aromatic rings. The Labute approximate surface area is 133 Å². The number of benzene rings is 1. The maximum atomic E-state index is 5.91. The molecule has 114 valence electrons. The van der Waals surface area contributed by atoms with E-state index in [1.165, 1.54) is 0 Å². The Hall–Kier alpha value is -2.92. The minimum Gasteiger partial charge on any atom is -0.454 e. The molecule has 0 spiro atoms. The summed E-state index contributed by atoms with van der Waals surface area (Å²) < 4.78 is 5.91. The van der Waals surface area contributed by atoms with Gasteiger partial charge in [-0.2, -0.15) is 5.10 Å². The number of fused-ring (bicyclic) bond motifs is 1. The lowest BCUT2D eigenvalue weighted by Gasteiger charge is -2.04. The van der Waals surface area contributed by atoms with Crippen LogP contribution in [0.15, 0.2) is 65.5 Å². The highest BCUT2D eigenvalue weighted by Crippen LogP contribution is 2.28. The molecule has 0 radical (unpaired) electrons. The molecule has 3 heterocycles. The first kappa shape index (κ1) is 13.7. The van der Waals surface area contributed by atoms with Crippen molar-refractivity contribution in [2.45, 2.75) is 13.1 Å². The molecule has 0 fully saturated rings. The Morgan fingerprint density at radius 1 is 1.04 bits per heavy atom. The molecule has 0 aliphatic carbocycles. The van der Waals surface area contributed by atoms with Crippen LogP contribution < -0.4 is 5.32 Å². The summed E-state index contributed by atoms with van der Waals surface area (Å²) in [5.74, 6) is 0.807. The highest BCUT2D eigenvalue weighted by atomic mass is 16.3. The average molecular weight is 304 g/mol. The van der Waals surface area contributed by atoms with Crippen molar-refractivity contribution >= 4 is 11.0 Å². The molecule has 0 amide bonds. The van der Waals surface area contributed by atoms with Crippen molar-refractivity contribution in [3.63, 3.8) is 0 Å². The molecule has 0 atom stereocenters. The second-order valence-electron chi connectivity index (χ2n) is 5.38. The van der Waals surface area contributed by atoms with Crippen LogP contribution in [0.3, 0.4) is 0 Å². The van der Waals surface area contributed by atoms with E-state index in [1.54, 1.807) is 6.20 Å². The first-order chi connectivity index (χ1) is 11.4. The van der Waals surface area contributed by atoms with Gasteiger partial charge in [-0.05, 0) is 23.8 Å². The SMILES string of the molecule is c1cncc(CNCc2cn[nH]c2-c2cc3ccccc3o2)c1. The Bertz CT molecular complexity index is 878. The van der Waals surface area contributed by atoms with E-state index in [4.69, 9.17) is 4.42 Å². The topological polar surface area (TPSA) is 66.7 Å². The number of para-hydroxylation sites is 1. The van der Waals surface area contributed by atoms with E-state index in [0.717, 1.165) is 40.1 Å². The van der Waals surface area contributed by atoms with Crippen LogP contribution in [-0.4, -0.2) is 15.2 Å². The number of aromatic nitrogens is 3. The minimum atomic E-state index is 0.706. The number of nitrogens with zero attached hydrogens (tertiary/aromatic N) is 2. The Morgan fingerprint density at radius 2 is 2.00 bits per heavy atom. The summed E-state index contributed by atoms with van der Waals surface area (Å²) in [4.78, 5) is 4.12. The average Bonchev–Trinajstić information content (AvgIpc) is 3.21. The van der Waals surface area contributed by atoms with E-state index in [2.05, 4.69) is 26.6 Å². The monoisotopic (exact) mass is 304 g/mol. The number of H-pyrrole nitrogens is 1. The van der Waals surface area contributed by atoms with Crippen molar-refractivity contribution < 1.29 is 4.42 Å². The zero-order valence-corrected chi connectivity index (χ0v) is 12.5. The standard InChI is InChI=1S/C18H16N4O/c1-2-6-16-14(5-1)8-17(23-16)18-15(12-21-22-18)11-20-10-13-4-3-7-19-9-13/h1-9,12,20H,10-11H2,(H,21,22). The van der Waals surface area contributed by atoms with Crippen molar-refractivity contribution in [2.24, 2.45) is 0 Å². The summed E-state index contributed by atoms with van der Waals surface area (Å²) in [6, 6.07) is 14.0. The summed E-state index contributed by atoms with van der Waals surface area (Å²) in [6.45, 7) is 1.47. The normalized spacial score (nSPS) is 11.1. The van der Waals surface area contributed by atoms with Crippen molar-refractivity contribution in [1.29, 1.82) is 0 Å². The first-order valence-corrected chi connectivity index (χ1v) is 7.51. The van der Waals surface area contributed by atoms with Crippen LogP contribution in [0.1, 0.15) is 11.1 Å². The number of furan rings is 1. The number of rotatable bonds is 5. The van der Waals surface area contributed by atoms with Gasteiger partial charge < -0.3 is 9.73 Å². The number of aromatic amines is 1. The van der Waals surface area contributed by atoms with Gasteiger partial charge in [0.25, 0.3) is 0 Å². The fourth-order valence-corrected chi connectivity index (χ4v) is 2.61. The van der Waals surface area contributed by atoms with Crippen molar-refractivity contribution in [3.05, 3.63) is 72.2 Å². The minimum absolute atomic E-state index is 0.706. The lowest BCUT2D eigenvalue weighted by molar-refractivity contribution is 0.625. The number of pyridine rings is 1. The lowest BCUT2D eigenvalue weighted by Crippen LogP contribution is -2.12. The van der Waals surface area contributed by atoms with E-state index >= 15 is 0 Å². The van der Waals surface area contributed by atoms with E-state index in [9.17, 15) is 0 Å². The first-order valence-electron chi connectivity index (χ1n) is 7.51. The molecule has 0 aliphatic heterocycles. The van der Waals surface area contributed by atoms with Crippen molar-refractivity contribution in [2.75, 3.05) is 0 Å². The molecule has 0 saturated carbocycles. The van der Waals surface area contributed by atoms with Crippen LogP contribution in [0.25, 0.3) is 22.4 Å². The molecule has 0 bridgehead atoms. The third-order valence-electron chi connectivity index (χ3n) is 3.76. The zero-order valence-electron chi connectivity index (χ0n) is 12.5. The lowest BCUT2D eigenvalue weighted by atomic mass is 10.2. The second kappa shape index (κ2) is 6.06. The fraction of sp³-hybridized carbons (Fsp3) is 0.111. The number of hydrogen-bond acceptors (Lipinski definition) is 4. The molecule has 0 saturated heterocycles. The van der Waals surface area contributed by atoms with Gasteiger partial charge in [0.2, 0.25) is 0 Å². The van der Waals surface area contributed by atoms with Gasteiger partial charge in [0, 0.05) is 36.4 Å². The van der Waals surface area contributed by atoms with E-state index in [0.29, 0.717) is 6.54 Å². The Balaban J connectivity index is 1.51. The molecule has 0 unspecified atom stereocenters. The summed E-state index contributed by atoms with van der Waals surface area (Å²) in [6.07, 6.45) is 5.47. The maximum absolute atomic E-state index is 5.91. The van der Waals surface area contributed by atoms with E-state index in [1.807, 2.05) is 48.8 Å². The highest BCUT2D eigenvalue weighted by Gasteiger charge is 2.12. The summed E-state index contributed by atoms with van der Waals surface area (Å²) in [7, 11) is 0. The second-order valence-corrected chi connectivity index (χ2v) is 5.38. The smallest absolute Gasteiger partial charge is 0.153 e. The molecule has 4 rings (SSSR count). The quantitative estimate of drug-likeness (QED) is 0.592. The molecule has 1 aromatic carbocycles. The molecule has 5 heteroatoms. The third kappa shape index (κ3) is 2.86. The molecule has 0 aliphatic rings. The van der Waals surface area contributed by atoms with Crippen LogP contribution in [0.5, 0.6) is 0 Å². The highest BCUT2D eigenvalue weighted by molar-refractivity contribution is 5.82. The number of hydrogen-bond donors (Lipinski definition) is 2. The molecule has 23 heavy (non-hydrogen) atoms. The van der Waals surface area contributed by atoms with Gasteiger partial charge >= 0.3 is 0 Å². The molecule has 2 N–H and O–H groups in total. The molecule has 3 aromatic heterocycles. The predicted octanol–water partition coefficient (Wildman–Crippen LogP) is 3.51. The number of nitrogens with one attached hydrogen (secondary N) is 2. The van der Waals surface area contributed by atoms with E-state index < -0.39 is 0 Å².